The minimum absolute atomic E-state index is 0.0578. The predicted octanol–water partition coefficient (Wildman–Crippen LogP) is 1.18. The van der Waals surface area contributed by atoms with Crippen LogP contribution in [-0.2, 0) is 38.9 Å². The molecule has 2 rings (SSSR count). The highest BCUT2D eigenvalue weighted by molar-refractivity contribution is 6.40. The van der Waals surface area contributed by atoms with Crippen molar-refractivity contribution in [3.05, 3.63) is 23.8 Å². The van der Waals surface area contributed by atoms with Gasteiger partial charge in [-0.25, -0.2) is 0 Å². The first-order chi connectivity index (χ1) is 15.8. The Bertz CT molecular complexity index is 971. The Morgan fingerprint density at radius 1 is 1.15 bits per heavy atom. The van der Waals surface area contributed by atoms with Gasteiger partial charge < -0.3 is 30.7 Å². The van der Waals surface area contributed by atoms with Crippen molar-refractivity contribution in [1.82, 2.24) is 10.6 Å². The molecule has 0 aliphatic carbocycles. The summed E-state index contributed by atoms with van der Waals surface area (Å²) in [4.78, 5) is 60.4. The first-order valence-electron chi connectivity index (χ1n) is 11.0. The van der Waals surface area contributed by atoms with Gasteiger partial charge in [0.2, 0.25) is 18.1 Å². The number of esters is 1. The minimum atomic E-state index is -1.07. The van der Waals surface area contributed by atoms with Crippen LogP contribution in [0.3, 0.4) is 0 Å². The normalized spacial score (nSPS) is 18.5. The van der Waals surface area contributed by atoms with Crippen LogP contribution in [0.4, 0.5) is 11.4 Å². The molecule has 1 aromatic rings. The summed E-state index contributed by atoms with van der Waals surface area (Å²) in [6, 6.07) is 3.27. The van der Waals surface area contributed by atoms with Crippen LogP contribution in [0.25, 0.3) is 0 Å². The Kier molecular flexibility index (Phi) is 8.74. The zero-order valence-corrected chi connectivity index (χ0v) is 20.2. The topological polar surface area (TPSA) is 152 Å². The first-order valence-corrected chi connectivity index (χ1v) is 11.0. The van der Waals surface area contributed by atoms with Crippen LogP contribution in [0.15, 0.2) is 18.2 Å². The first kappa shape index (κ1) is 26.8. The van der Waals surface area contributed by atoms with E-state index in [2.05, 4.69) is 21.3 Å². The molecule has 0 spiro atoms. The van der Waals surface area contributed by atoms with Crippen LogP contribution >= 0.6 is 0 Å². The maximum absolute atomic E-state index is 12.6. The van der Waals surface area contributed by atoms with Crippen molar-refractivity contribution in [3.63, 3.8) is 0 Å². The van der Waals surface area contributed by atoms with Gasteiger partial charge in [-0.2, -0.15) is 0 Å². The summed E-state index contributed by atoms with van der Waals surface area (Å²) in [6.07, 6.45) is -0.961. The van der Waals surface area contributed by atoms with E-state index in [4.69, 9.17) is 9.47 Å². The molecule has 11 heteroatoms. The fourth-order valence-corrected chi connectivity index (χ4v) is 3.37. The molecule has 4 N–H and O–H groups in total. The van der Waals surface area contributed by atoms with Gasteiger partial charge in [0.25, 0.3) is 0 Å². The van der Waals surface area contributed by atoms with Gasteiger partial charge in [-0.1, -0.05) is 26.8 Å². The molecule has 1 saturated heterocycles. The van der Waals surface area contributed by atoms with E-state index in [-0.39, 0.29) is 24.3 Å². The number of rotatable bonds is 7. The lowest BCUT2D eigenvalue weighted by atomic mass is 9.85. The van der Waals surface area contributed by atoms with Gasteiger partial charge in [0.15, 0.2) is 0 Å². The van der Waals surface area contributed by atoms with Crippen LogP contribution in [0.5, 0.6) is 0 Å². The van der Waals surface area contributed by atoms with E-state index in [9.17, 15) is 24.0 Å². The average Bonchev–Trinajstić information content (AvgIpc) is 3.05. The molecule has 3 atom stereocenters. The van der Waals surface area contributed by atoms with Crippen molar-refractivity contribution in [1.29, 1.82) is 0 Å². The SMILES string of the molecule is CCOC1OC(=O)CC1NC(=O)C(C)NC(=O)C(=O)Nc1cc(NC(C)=O)ccc1C(C)(C)C. The monoisotopic (exact) mass is 476 g/mol. The molecular formula is C23H32N4O7. The van der Waals surface area contributed by atoms with Gasteiger partial charge in [-0.05, 0) is 37.0 Å². The molecule has 186 valence electrons. The lowest BCUT2D eigenvalue weighted by molar-refractivity contribution is -0.164. The summed E-state index contributed by atoms with van der Waals surface area (Å²) in [6.45, 7) is 10.6. The Morgan fingerprint density at radius 2 is 1.82 bits per heavy atom. The highest BCUT2D eigenvalue weighted by Gasteiger charge is 2.37. The quantitative estimate of drug-likeness (QED) is 0.341. The smallest absolute Gasteiger partial charge is 0.313 e. The third-order valence-corrected chi connectivity index (χ3v) is 4.96. The van der Waals surface area contributed by atoms with E-state index in [1.165, 1.54) is 13.8 Å². The lowest BCUT2D eigenvalue weighted by Gasteiger charge is -2.24. The van der Waals surface area contributed by atoms with Gasteiger partial charge in [-0.15, -0.1) is 0 Å². The summed E-state index contributed by atoms with van der Waals surface area (Å²) in [5.41, 5.74) is 1.21. The van der Waals surface area contributed by atoms with E-state index in [0.717, 1.165) is 5.56 Å². The van der Waals surface area contributed by atoms with E-state index in [1.807, 2.05) is 20.8 Å². The Balaban J connectivity index is 2.05. The second-order valence-corrected chi connectivity index (χ2v) is 8.97. The number of carbonyl (C=O) groups is 5. The predicted molar refractivity (Wildman–Crippen MR) is 124 cm³/mol. The zero-order chi connectivity index (χ0) is 25.6. The van der Waals surface area contributed by atoms with Crippen LogP contribution in [0.2, 0.25) is 0 Å². The molecule has 0 aromatic heterocycles. The fourth-order valence-electron chi connectivity index (χ4n) is 3.37. The van der Waals surface area contributed by atoms with Gasteiger partial charge in [0.1, 0.15) is 12.1 Å². The fraction of sp³-hybridized carbons (Fsp3) is 0.522. The molecule has 1 aliphatic heterocycles. The molecule has 1 fully saturated rings. The third kappa shape index (κ3) is 7.27. The average molecular weight is 477 g/mol. The molecule has 1 aromatic carbocycles. The number of benzene rings is 1. The number of nitrogens with one attached hydrogen (secondary N) is 4. The van der Waals surface area contributed by atoms with Crippen molar-refractivity contribution in [2.75, 3.05) is 17.2 Å². The van der Waals surface area contributed by atoms with Crippen LogP contribution in [0.1, 0.15) is 53.5 Å². The van der Waals surface area contributed by atoms with Crippen molar-refractivity contribution in [2.24, 2.45) is 0 Å². The largest absolute Gasteiger partial charge is 0.433 e. The third-order valence-electron chi connectivity index (χ3n) is 4.96. The molecule has 4 amide bonds. The lowest BCUT2D eigenvalue weighted by Crippen LogP contribution is -2.52. The molecule has 0 bridgehead atoms. The highest BCUT2D eigenvalue weighted by Crippen LogP contribution is 2.32. The summed E-state index contributed by atoms with van der Waals surface area (Å²) in [5, 5.41) is 10.1. The van der Waals surface area contributed by atoms with Crippen molar-refractivity contribution < 1.29 is 33.4 Å². The maximum Gasteiger partial charge on any atom is 0.313 e. The van der Waals surface area contributed by atoms with Crippen LogP contribution in [0, 0.1) is 0 Å². The molecule has 1 aliphatic rings. The molecule has 0 radical (unpaired) electrons. The summed E-state index contributed by atoms with van der Waals surface area (Å²) < 4.78 is 10.3. The van der Waals surface area contributed by atoms with Crippen molar-refractivity contribution in [3.8, 4) is 0 Å². The van der Waals surface area contributed by atoms with Crippen LogP contribution < -0.4 is 21.3 Å². The Morgan fingerprint density at radius 3 is 2.41 bits per heavy atom. The molecule has 3 unspecified atom stereocenters. The maximum atomic E-state index is 12.6. The van der Waals surface area contributed by atoms with E-state index in [0.29, 0.717) is 11.4 Å². The van der Waals surface area contributed by atoms with Gasteiger partial charge in [-0.3, -0.25) is 24.0 Å². The number of hydrogen-bond donors (Lipinski definition) is 4. The number of hydrogen-bond acceptors (Lipinski definition) is 7. The van der Waals surface area contributed by atoms with E-state index in [1.54, 1.807) is 25.1 Å². The Labute approximate surface area is 198 Å². The van der Waals surface area contributed by atoms with Crippen LogP contribution in [-0.4, -0.2) is 54.6 Å². The number of carbonyl (C=O) groups excluding carboxylic acids is 5. The van der Waals surface area contributed by atoms with Crippen molar-refractivity contribution in [2.45, 2.75) is 71.8 Å². The zero-order valence-electron chi connectivity index (χ0n) is 20.2. The second-order valence-electron chi connectivity index (χ2n) is 8.97. The van der Waals surface area contributed by atoms with E-state index >= 15 is 0 Å². The number of amides is 4. The minimum Gasteiger partial charge on any atom is -0.433 e. The molecular weight excluding hydrogens is 444 g/mol. The van der Waals surface area contributed by atoms with E-state index < -0.39 is 42.1 Å². The summed E-state index contributed by atoms with van der Waals surface area (Å²) >= 11 is 0. The summed E-state index contributed by atoms with van der Waals surface area (Å²) in [7, 11) is 0. The van der Waals surface area contributed by atoms with Gasteiger partial charge in [0, 0.05) is 24.9 Å². The number of cyclic esters (lactones) is 1. The second kappa shape index (κ2) is 11.1. The summed E-state index contributed by atoms with van der Waals surface area (Å²) in [5.74, 6) is -3.38. The number of anilines is 2. The number of ether oxygens (including phenoxy) is 2. The highest BCUT2D eigenvalue weighted by atomic mass is 16.7. The molecule has 0 saturated carbocycles. The van der Waals surface area contributed by atoms with Crippen molar-refractivity contribution >= 4 is 41.0 Å². The molecule has 34 heavy (non-hydrogen) atoms. The Hall–Kier alpha value is -3.47. The van der Waals surface area contributed by atoms with Gasteiger partial charge >= 0.3 is 17.8 Å². The molecule has 11 nitrogen and oxygen atoms in total. The standard InChI is InChI=1S/C23H32N4O7/c1-7-33-22-17(11-18(29)34-22)27-19(30)12(2)24-20(31)21(32)26-16-10-14(25-13(3)28)8-9-15(16)23(4,5)6/h8-10,12,17,22H,7,11H2,1-6H3,(H,24,31)(H,25,28)(H,26,32)(H,27,30). The van der Waals surface area contributed by atoms with Gasteiger partial charge in [0.05, 0.1) is 6.42 Å². The molecule has 1 heterocycles.